The molecule has 2 saturated heterocycles. The van der Waals surface area contributed by atoms with Gasteiger partial charge in [-0.2, -0.15) is 10.2 Å². The number of hydrogen-bond donors (Lipinski definition) is 0. The van der Waals surface area contributed by atoms with Gasteiger partial charge in [0.2, 0.25) is 13.6 Å². The molecule has 0 bridgehead atoms. The molecule has 0 radical (unpaired) electrons. The van der Waals surface area contributed by atoms with E-state index in [9.17, 15) is 0 Å². The van der Waals surface area contributed by atoms with Crippen molar-refractivity contribution in [2.24, 2.45) is 10.2 Å². The molecular weight excluding hydrogens is 432 g/mol. The summed E-state index contributed by atoms with van der Waals surface area (Å²) in [5, 5.41) is 9.27. The van der Waals surface area contributed by atoms with Gasteiger partial charge in [-0.3, -0.25) is 9.80 Å². The van der Waals surface area contributed by atoms with Crippen molar-refractivity contribution in [1.82, 2.24) is 9.80 Å². The van der Waals surface area contributed by atoms with Gasteiger partial charge in [-0.1, -0.05) is 12.1 Å². The fourth-order valence-corrected chi connectivity index (χ4v) is 4.87. The highest BCUT2D eigenvalue weighted by Crippen LogP contribution is 2.34. The number of benzene rings is 2. The number of nitrogens with zero attached hydrogens (tertiary/aromatic N) is 4. The summed E-state index contributed by atoms with van der Waals surface area (Å²) in [6.45, 7) is 6.56. The summed E-state index contributed by atoms with van der Waals surface area (Å²) >= 11 is 0. The lowest BCUT2D eigenvalue weighted by Gasteiger charge is -2.28. The van der Waals surface area contributed by atoms with Gasteiger partial charge in [0.15, 0.2) is 23.0 Å². The van der Waals surface area contributed by atoms with Crippen molar-refractivity contribution in [2.45, 2.75) is 38.8 Å². The highest BCUT2D eigenvalue weighted by molar-refractivity contribution is 5.89. The van der Waals surface area contributed by atoms with E-state index < -0.39 is 0 Å². The van der Waals surface area contributed by atoms with Gasteiger partial charge < -0.3 is 18.9 Å². The van der Waals surface area contributed by atoms with Crippen LogP contribution in [0, 0.1) is 0 Å². The van der Waals surface area contributed by atoms with Gasteiger partial charge in [0, 0.05) is 76.4 Å². The van der Waals surface area contributed by atoms with Crippen LogP contribution in [0.2, 0.25) is 0 Å². The SMILES string of the molecule is c1cc2c(cc1CN1CCC(=NN=C3CCN(Cc4ccc5c(c4)OCO5)CC3)CC1)OCO2. The van der Waals surface area contributed by atoms with Gasteiger partial charge >= 0.3 is 0 Å². The van der Waals surface area contributed by atoms with E-state index in [0.717, 1.165) is 87.9 Å². The molecule has 2 fully saturated rings. The van der Waals surface area contributed by atoms with Crippen molar-refractivity contribution in [2.75, 3.05) is 39.8 Å². The molecule has 0 spiro atoms. The van der Waals surface area contributed by atoms with Crippen LogP contribution in [0.5, 0.6) is 23.0 Å². The van der Waals surface area contributed by atoms with Crippen molar-refractivity contribution >= 4 is 11.4 Å². The number of fused-ring (bicyclic) bond motifs is 2. The zero-order chi connectivity index (χ0) is 22.7. The second-order valence-electron chi connectivity index (χ2n) is 9.26. The van der Waals surface area contributed by atoms with Crippen LogP contribution in [0.3, 0.4) is 0 Å². The second kappa shape index (κ2) is 9.64. The van der Waals surface area contributed by atoms with Crippen molar-refractivity contribution in [3.63, 3.8) is 0 Å². The molecule has 0 aromatic heterocycles. The van der Waals surface area contributed by atoms with Crippen LogP contribution in [-0.4, -0.2) is 61.0 Å². The molecule has 0 saturated carbocycles. The zero-order valence-electron chi connectivity index (χ0n) is 19.4. The molecule has 178 valence electrons. The van der Waals surface area contributed by atoms with Gasteiger partial charge in [-0.05, 0) is 35.4 Å². The Kier molecular flexibility index (Phi) is 6.08. The second-order valence-corrected chi connectivity index (χ2v) is 9.26. The van der Waals surface area contributed by atoms with Gasteiger partial charge in [-0.25, -0.2) is 0 Å². The summed E-state index contributed by atoms with van der Waals surface area (Å²) in [6.07, 6.45) is 3.93. The lowest BCUT2D eigenvalue weighted by molar-refractivity contribution is 0.173. The fraction of sp³-hybridized carbons (Fsp3) is 0.462. The summed E-state index contributed by atoms with van der Waals surface area (Å²) < 4.78 is 21.8. The molecule has 0 unspecified atom stereocenters. The minimum atomic E-state index is 0.322. The monoisotopic (exact) mass is 462 g/mol. The molecule has 6 rings (SSSR count). The highest BCUT2D eigenvalue weighted by Gasteiger charge is 2.20. The topological polar surface area (TPSA) is 68.1 Å². The third kappa shape index (κ3) is 4.88. The first-order chi connectivity index (χ1) is 16.8. The van der Waals surface area contributed by atoms with Crippen LogP contribution in [0.15, 0.2) is 46.6 Å². The predicted molar refractivity (Wildman–Crippen MR) is 129 cm³/mol. The number of rotatable bonds is 5. The molecule has 0 aliphatic carbocycles. The van der Waals surface area contributed by atoms with Crippen LogP contribution in [0.1, 0.15) is 36.8 Å². The average molecular weight is 463 g/mol. The van der Waals surface area contributed by atoms with Crippen LogP contribution >= 0.6 is 0 Å². The molecular formula is C26H30N4O4. The highest BCUT2D eigenvalue weighted by atomic mass is 16.7. The van der Waals surface area contributed by atoms with Gasteiger partial charge in [0.1, 0.15) is 0 Å². The van der Waals surface area contributed by atoms with Crippen LogP contribution in [-0.2, 0) is 13.1 Å². The maximum atomic E-state index is 5.50. The van der Waals surface area contributed by atoms with E-state index in [1.165, 1.54) is 22.6 Å². The fourth-order valence-electron chi connectivity index (χ4n) is 4.87. The first-order valence-electron chi connectivity index (χ1n) is 12.1. The maximum Gasteiger partial charge on any atom is 0.231 e. The van der Waals surface area contributed by atoms with E-state index in [4.69, 9.17) is 18.9 Å². The number of likely N-dealkylation sites (tertiary alicyclic amines) is 2. The largest absolute Gasteiger partial charge is 0.454 e. The molecule has 0 amide bonds. The third-order valence-corrected chi connectivity index (χ3v) is 6.89. The summed E-state index contributed by atoms with van der Waals surface area (Å²) in [5.74, 6) is 3.40. The molecule has 0 atom stereocenters. The Morgan fingerprint density at radius 1 is 0.559 bits per heavy atom. The van der Waals surface area contributed by atoms with Crippen LogP contribution in [0.4, 0.5) is 0 Å². The van der Waals surface area contributed by atoms with Crippen molar-refractivity contribution in [3.8, 4) is 23.0 Å². The number of piperidine rings is 2. The molecule has 0 N–H and O–H groups in total. The Morgan fingerprint density at radius 2 is 0.971 bits per heavy atom. The van der Waals surface area contributed by atoms with Gasteiger partial charge in [0.05, 0.1) is 0 Å². The normalized spacial score (nSPS) is 20.0. The quantitative estimate of drug-likeness (QED) is 0.629. The van der Waals surface area contributed by atoms with E-state index >= 15 is 0 Å². The average Bonchev–Trinajstić information content (AvgIpc) is 3.53. The standard InChI is InChI=1S/C26H30N4O4/c1-3-23-25(33-17-31-23)13-19(1)15-29-9-5-21(6-10-29)27-28-22-7-11-30(12-8-22)16-20-2-4-24-26(14-20)34-18-32-24/h1-4,13-14H,5-12,15-18H2. The minimum Gasteiger partial charge on any atom is -0.454 e. The third-order valence-electron chi connectivity index (χ3n) is 6.89. The number of hydrogen-bond acceptors (Lipinski definition) is 8. The molecule has 34 heavy (non-hydrogen) atoms. The first-order valence-corrected chi connectivity index (χ1v) is 12.1. The van der Waals surface area contributed by atoms with E-state index in [0.29, 0.717) is 13.6 Å². The molecule has 4 heterocycles. The van der Waals surface area contributed by atoms with Gasteiger partial charge in [0.25, 0.3) is 0 Å². The van der Waals surface area contributed by atoms with Crippen molar-refractivity contribution in [1.29, 1.82) is 0 Å². The Bertz CT molecular complexity index is 1010. The molecule has 2 aromatic rings. The lowest BCUT2D eigenvalue weighted by atomic mass is 10.1. The summed E-state index contributed by atoms with van der Waals surface area (Å²) in [7, 11) is 0. The molecule has 8 heteroatoms. The maximum absolute atomic E-state index is 5.50. The van der Waals surface area contributed by atoms with Crippen molar-refractivity contribution in [3.05, 3.63) is 47.5 Å². The predicted octanol–water partition coefficient (Wildman–Crippen LogP) is 3.83. The van der Waals surface area contributed by atoms with E-state index in [1.807, 2.05) is 12.1 Å². The Morgan fingerprint density at radius 3 is 1.41 bits per heavy atom. The summed E-state index contributed by atoms with van der Waals surface area (Å²) in [4.78, 5) is 4.94. The Balaban J connectivity index is 0.958. The summed E-state index contributed by atoms with van der Waals surface area (Å²) in [5.41, 5.74) is 4.96. The first kappa shape index (κ1) is 21.4. The molecule has 4 aliphatic rings. The van der Waals surface area contributed by atoms with Crippen molar-refractivity contribution < 1.29 is 18.9 Å². The lowest BCUT2D eigenvalue weighted by Crippen LogP contribution is -2.34. The molecule has 4 aliphatic heterocycles. The molecule has 2 aromatic carbocycles. The van der Waals surface area contributed by atoms with Crippen LogP contribution in [0.25, 0.3) is 0 Å². The van der Waals surface area contributed by atoms with E-state index in [2.05, 4.69) is 44.3 Å². The van der Waals surface area contributed by atoms with Crippen LogP contribution < -0.4 is 18.9 Å². The Labute approximate surface area is 199 Å². The summed E-state index contributed by atoms with van der Waals surface area (Å²) in [6, 6.07) is 12.5. The van der Waals surface area contributed by atoms with E-state index in [1.54, 1.807) is 0 Å². The Hall–Kier alpha value is -3.10. The zero-order valence-corrected chi connectivity index (χ0v) is 19.4. The van der Waals surface area contributed by atoms with E-state index in [-0.39, 0.29) is 0 Å². The minimum absolute atomic E-state index is 0.322. The van der Waals surface area contributed by atoms with Gasteiger partial charge in [-0.15, -0.1) is 0 Å². The molecule has 8 nitrogen and oxygen atoms in total. The number of ether oxygens (including phenoxy) is 4. The smallest absolute Gasteiger partial charge is 0.231 e.